The fraction of sp³-hybridized carbons (Fsp3) is 0.481. The number of rotatable bonds is 16. The van der Waals surface area contributed by atoms with Crippen LogP contribution in [0, 0.1) is 10.8 Å². The van der Waals surface area contributed by atoms with Crippen LogP contribution in [-0.4, -0.2) is 72.2 Å². The van der Waals surface area contributed by atoms with Gasteiger partial charge in [0.1, 0.15) is 24.3 Å². The molecule has 2 aliphatic carbocycles. The van der Waals surface area contributed by atoms with Crippen molar-refractivity contribution in [2.24, 2.45) is 10.8 Å². The first-order chi connectivity index (χ1) is 30.4. The average molecular weight is 911 g/mol. The Bertz CT molecular complexity index is 2040. The van der Waals surface area contributed by atoms with Gasteiger partial charge in [0.2, 0.25) is 0 Å². The molecule has 12 heteroatoms. The van der Waals surface area contributed by atoms with Gasteiger partial charge in [0, 0.05) is 12.8 Å². The Balaban J connectivity index is 1.95. The molecular formula is C54H74N2O10. The van der Waals surface area contributed by atoms with E-state index in [4.69, 9.17) is 18.9 Å². The number of esters is 2. The predicted molar refractivity (Wildman–Crippen MR) is 261 cm³/mol. The highest BCUT2D eigenvalue weighted by atomic mass is 16.6. The van der Waals surface area contributed by atoms with E-state index in [2.05, 4.69) is 10.6 Å². The quantitative estimate of drug-likeness (QED) is 0.0865. The molecule has 2 aliphatic rings. The van der Waals surface area contributed by atoms with Gasteiger partial charge in [0.15, 0.2) is 23.8 Å². The number of nitrogens with one attached hydrogen (secondary N) is 2. The lowest BCUT2D eigenvalue weighted by atomic mass is 9.71. The summed E-state index contributed by atoms with van der Waals surface area (Å²) in [4.78, 5) is 75.1. The van der Waals surface area contributed by atoms with E-state index in [1.807, 2.05) is 140 Å². The molecule has 0 fully saturated rings. The highest BCUT2D eigenvalue weighted by molar-refractivity contribution is 6.02. The number of hydrogen-bond acceptors (Lipinski definition) is 10. The molecule has 2 rings (SSSR count). The number of carbonyl (C=O) groups is 6. The van der Waals surface area contributed by atoms with Gasteiger partial charge < -0.3 is 29.6 Å². The minimum absolute atomic E-state index is 0.256. The second-order valence-electron chi connectivity index (χ2n) is 20.1. The normalized spacial score (nSPS) is 20.3. The molecule has 0 bridgehead atoms. The molecule has 360 valence electrons. The molecule has 12 nitrogen and oxygen atoms in total. The second-order valence-corrected chi connectivity index (χ2v) is 20.1. The van der Waals surface area contributed by atoms with Crippen molar-refractivity contribution in [1.82, 2.24) is 10.6 Å². The Kier molecular flexibility index (Phi) is 20.8. The maximum absolute atomic E-state index is 13.2. The Hall–Kier alpha value is -6.04. The smallest absolute Gasteiger partial charge is 0.408 e. The molecular weight excluding hydrogens is 837 g/mol. The number of ether oxygens (including phenoxy) is 4. The van der Waals surface area contributed by atoms with Crippen LogP contribution >= 0.6 is 0 Å². The molecule has 0 aromatic rings. The highest BCUT2D eigenvalue weighted by Crippen LogP contribution is 2.42. The van der Waals surface area contributed by atoms with Crippen molar-refractivity contribution < 1.29 is 47.7 Å². The third kappa shape index (κ3) is 20.0. The number of hydrogen-bond donors (Lipinski definition) is 2. The zero-order chi connectivity index (χ0) is 50.2. The topological polar surface area (TPSA) is 163 Å². The summed E-state index contributed by atoms with van der Waals surface area (Å²) in [7, 11) is 0. The first-order valence-corrected chi connectivity index (χ1v) is 22.3. The van der Waals surface area contributed by atoms with E-state index in [0.717, 1.165) is 33.4 Å². The SMILES string of the molecule is CC(C=CC=C(C)C=CC1=C(C)C(=O)C(OC(=O)CNC(=O)OC(C)(C)C)CC1(C)C)=CC=CC=C(C)C=CC=C(C)C=CC1=C(C)C(=O)C(OC(=O)CNC(=O)OC(C)(C)C)CC1(C)C. The minimum Gasteiger partial charge on any atom is -0.453 e. The van der Waals surface area contributed by atoms with Crippen molar-refractivity contribution >= 4 is 35.7 Å². The van der Waals surface area contributed by atoms with Crippen molar-refractivity contribution in [2.45, 2.75) is 147 Å². The summed E-state index contributed by atoms with van der Waals surface area (Å²) < 4.78 is 21.3. The summed E-state index contributed by atoms with van der Waals surface area (Å²) >= 11 is 0. The van der Waals surface area contributed by atoms with Gasteiger partial charge >= 0.3 is 24.1 Å². The van der Waals surface area contributed by atoms with Gasteiger partial charge in [-0.3, -0.25) is 19.2 Å². The van der Waals surface area contributed by atoms with Crippen molar-refractivity contribution in [2.75, 3.05) is 13.1 Å². The Morgan fingerprint density at radius 1 is 0.545 bits per heavy atom. The number of Topliss-reactive ketones (excluding diaryl/α,β-unsaturated/α-hetero) is 2. The van der Waals surface area contributed by atoms with Gasteiger partial charge in [-0.25, -0.2) is 9.59 Å². The number of allylic oxidation sites excluding steroid dienone is 20. The molecule has 0 aliphatic heterocycles. The van der Waals surface area contributed by atoms with Crippen LogP contribution in [0.15, 0.2) is 130 Å². The maximum Gasteiger partial charge on any atom is 0.408 e. The van der Waals surface area contributed by atoms with Gasteiger partial charge in [0.05, 0.1) is 0 Å². The Morgan fingerprint density at radius 3 is 1.17 bits per heavy atom. The van der Waals surface area contributed by atoms with E-state index in [-0.39, 0.29) is 11.6 Å². The van der Waals surface area contributed by atoms with Crippen molar-refractivity contribution in [1.29, 1.82) is 0 Å². The lowest BCUT2D eigenvalue weighted by Gasteiger charge is -2.36. The zero-order valence-corrected chi connectivity index (χ0v) is 42.1. The van der Waals surface area contributed by atoms with E-state index in [1.165, 1.54) is 0 Å². The Morgan fingerprint density at radius 2 is 0.848 bits per heavy atom. The molecule has 0 radical (unpaired) electrons. The van der Waals surface area contributed by atoms with Crippen LogP contribution in [0.4, 0.5) is 9.59 Å². The van der Waals surface area contributed by atoms with E-state index < -0.39 is 71.5 Å². The van der Waals surface area contributed by atoms with Gasteiger partial charge in [0.25, 0.3) is 0 Å². The van der Waals surface area contributed by atoms with E-state index in [1.54, 1.807) is 55.4 Å². The third-order valence-electron chi connectivity index (χ3n) is 10.4. The predicted octanol–water partition coefficient (Wildman–Crippen LogP) is 11.1. The standard InChI is InChI=1S/C54H74N2O10/c1-35(23-19-25-37(3)27-29-41-39(5)47(59)43(31-53(41,13)14)63-45(57)33-55-49(61)65-51(7,8)9)21-17-18-22-36(2)24-20-26-38(4)28-30-42-40(6)48(60)44(32-54(42,15)16)64-46(58)34-56-50(62)66-52(10,11)12/h17-30,43-44H,31-34H2,1-16H3,(H,55,61)(H,56,62). The number of alkyl carbamates (subject to hydrolysis) is 2. The zero-order valence-electron chi connectivity index (χ0n) is 42.1. The number of carbonyl (C=O) groups excluding carboxylic acids is 6. The molecule has 0 saturated heterocycles. The monoisotopic (exact) mass is 911 g/mol. The van der Waals surface area contributed by atoms with Crippen LogP contribution in [0.1, 0.15) is 124 Å². The number of amides is 2. The van der Waals surface area contributed by atoms with Gasteiger partial charge in [-0.15, -0.1) is 0 Å². The molecule has 0 saturated carbocycles. The molecule has 2 N–H and O–H groups in total. The lowest BCUT2D eigenvalue weighted by Crippen LogP contribution is -2.41. The fourth-order valence-corrected chi connectivity index (χ4v) is 7.07. The van der Waals surface area contributed by atoms with Crippen LogP contribution in [0.3, 0.4) is 0 Å². The van der Waals surface area contributed by atoms with Crippen LogP contribution < -0.4 is 10.6 Å². The van der Waals surface area contributed by atoms with Gasteiger partial charge in [-0.1, -0.05) is 135 Å². The van der Waals surface area contributed by atoms with E-state index in [9.17, 15) is 28.8 Å². The summed E-state index contributed by atoms with van der Waals surface area (Å²) in [6, 6.07) is 0. The van der Waals surface area contributed by atoms with Crippen molar-refractivity contribution in [3.63, 3.8) is 0 Å². The minimum atomic E-state index is -0.937. The van der Waals surface area contributed by atoms with Crippen LogP contribution in [0.25, 0.3) is 0 Å². The van der Waals surface area contributed by atoms with E-state index in [0.29, 0.717) is 24.0 Å². The summed E-state index contributed by atoms with van der Waals surface area (Å²) in [6.07, 6.45) is 25.1. The first-order valence-electron chi connectivity index (χ1n) is 22.3. The highest BCUT2D eigenvalue weighted by Gasteiger charge is 2.41. The molecule has 2 atom stereocenters. The molecule has 2 amide bonds. The fourth-order valence-electron chi connectivity index (χ4n) is 7.07. The van der Waals surface area contributed by atoms with Gasteiger partial charge in [-0.2, -0.15) is 0 Å². The van der Waals surface area contributed by atoms with Gasteiger partial charge in [-0.05, 0) is 116 Å². The second kappa shape index (κ2) is 24.5. The van der Waals surface area contributed by atoms with Crippen molar-refractivity contribution in [3.05, 3.63) is 130 Å². The largest absolute Gasteiger partial charge is 0.453 e. The van der Waals surface area contributed by atoms with Crippen LogP contribution in [-0.2, 0) is 38.1 Å². The van der Waals surface area contributed by atoms with Crippen LogP contribution in [0.5, 0.6) is 0 Å². The molecule has 0 aromatic heterocycles. The summed E-state index contributed by atoms with van der Waals surface area (Å²) in [6.45, 7) is 29.1. The first kappa shape index (κ1) is 56.1. The van der Waals surface area contributed by atoms with Crippen molar-refractivity contribution in [3.8, 4) is 0 Å². The summed E-state index contributed by atoms with van der Waals surface area (Å²) in [5.74, 6) is -1.92. The molecule has 0 aromatic carbocycles. The maximum atomic E-state index is 13.2. The Labute approximate surface area is 393 Å². The third-order valence-corrected chi connectivity index (χ3v) is 10.4. The molecule has 0 spiro atoms. The molecule has 0 heterocycles. The number of ketones is 2. The molecule has 2 unspecified atom stereocenters. The summed E-state index contributed by atoms with van der Waals surface area (Å²) in [5, 5.41) is 4.74. The average Bonchev–Trinajstić information content (AvgIpc) is 3.17. The van der Waals surface area contributed by atoms with E-state index >= 15 is 0 Å². The summed E-state index contributed by atoms with van der Waals surface area (Å²) in [5.41, 5.74) is 4.64. The lowest BCUT2D eigenvalue weighted by molar-refractivity contribution is -0.155. The molecule has 66 heavy (non-hydrogen) atoms. The van der Waals surface area contributed by atoms with Crippen LogP contribution in [0.2, 0.25) is 0 Å².